The van der Waals surface area contributed by atoms with Gasteiger partial charge in [0.25, 0.3) is 0 Å². The summed E-state index contributed by atoms with van der Waals surface area (Å²) in [5, 5.41) is 2.93. The first-order valence-corrected chi connectivity index (χ1v) is 6.62. The van der Waals surface area contributed by atoms with Gasteiger partial charge in [-0.2, -0.15) is 13.2 Å². The fourth-order valence-corrected chi connectivity index (χ4v) is 2.45. The standard InChI is InChI=1S/C14H19F3N2/c1-11(19-8-4-5-9-19)10-18-13-7-3-2-6-12(13)14(15,16)17/h2-3,6-7,11,18H,4-5,8-10H2,1H3. The number of likely N-dealkylation sites (tertiary alicyclic amines) is 1. The number of nitrogens with zero attached hydrogens (tertiary/aromatic N) is 1. The first kappa shape index (κ1) is 14.2. The molecule has 1 aliphatic heterocycles. The second-order valence-electron chi connectivity index (χ2n) is 5.02. The van der Waals surface area contributed by atoms with Gasteiger partial charge in [-0.25, -0.2) is 0 Å². The van der Waals surface area contributed by atoms with Crippen molar-refractivity contribution < 1.29 is 13.2 Å². The maximum Gasteiger partial charge on any atom is 0.418 e. The maximum absolute atomic E-state index is 12.8. The Hall–Kier alpha value is -1.23. The Bertz CT molecular complexity index is 411. The van der Waals surface area contributed by atoms with E-state index in [-0.39, 0.29) is 11.7 Å². The third-order valence-electron chi connectivity index (χ3n) is 3.58. The van der Waals surface area contributed by atoms with Crippen LogP contribution in [0.15, 0.2) is 24.3 Å². The molecule has 1 N–H and O–H groups in total. The monoisotopic (exact) mass is 272 g/mol. The molecule has 0 aliphatic carbocycles. The highest BCUT2D eigenvalue weighted by Gasteiger charge is 2.33. The number of rotatable bonds is 4. The summed E-state index contributed by atoms with van der Waals surface area (Å²) in [7, 11) is 0. The van der Waals surface area contributed by atoms with Gasteiger partial charge in [-0.05, 0) is 45.0 Å². The lowest BCUT2D eigenvalue weighted by Crippen LogP contribution is -2.35. The lowest BCUT2D eigenvalue weighted by molar-refractivity contribution is -0.137. The zero-order valence-electron chi connectivity index (χ0n) is 11.0. The van der Waals surface area contributed by atoms with E-state index in [2.05, 4.69) is 17.1 Å². The van der Waals surface area contributed by atoms with Crippen LogP contribution in [0.3, 0.4) is 0 Å². The smallest absolute Gasteiger partial charge is 0.383 e. The Balaban J connectivity index is 1.99. The van der Waals surface area contributed by atoms with Crippen LogP contribution in [0.1, 0.15) is 25.3 Å². The summed E-state index contributed by atoms with van der Waals surface area (Å²) in [5.41, 5.74) is -0.426. The zero-order chi connectivity index (χ0) is 13.9. The summed E-state index contributed by atoms with van der Waals surface area (Å²) in [6, 6.07) is 5.89. The number of anilines is 1. The van der Waals surface area contributed by atoms with E-state index in [1.54, 1.807) is 6.07 Å². The number of para-hydroxylation sites is 1. The average Bonchev–Trinajstić information content (AvgIpc) is 2.89. The molecule has 0 saturated carbocycles. The van der Waals surface area contributed by atoms with Crippen LogP contribution in [0.25, 0.3) is 0 Å². The van der Waals surface area contributed by atoms with Crippen molar-refractivity contribution in [1.82, 2.24) is 4.90 Å². The summed E-state index contributed by atoms with van der Waals surface area (Å²) in [6.45, 7) is 4.68. The van der Waals surface area contributed by atoms with Gasteiger partial charge in [0.1, 0.15) is 0 Å². The molecule has 0 radical (unpaired) electrons. The summed E-state index contributed by atoms with van der Waals surface area (Å²) in [5.74, 6) is 0. The quantitative estimate of drug-likeness (QED) is 0.901. The number of nitrogens with one attached hydrogen (secondary N) is 1. The van der Waals surface area contributed by atoms with E-state index in [9.17, 15) is 13.2 Å². The number of benzene rings is 1. The molecule has 1 heterocycles. The highest BCUT2D eigenvalue weighted by Crippen LogP contribution is 2.34. The van der Waals surface area contributed by atoms with Crippen LogP contribution in [-0.2, 0) is 6.18 Å². The topological polar surface area (TPSA) is 15.3 Å². The largest absolute Gasteiger partial charge is 0.418 e. The summed E-state index contributed by atoms with van der Waals surface area (Å²) < 4.78 is 38.5. The lowest BCUT2D eigenvalue weighted by Gasteiger charge is -2.25. The Morgan fingerprint density at radius 1 is 1.21 bits per heavy atom. The van der Waals surface area contributed by atoms with Crippen LogP contribution in [-0.4, -0.2) is 30.6 Å². The first-order chi connectivity index (χ1) is 8.98. The molecule has 2 nitrogen and oxygen atoms in total. The van der Waals surface area contributed by atoms with Crippen LogP contribution >= 0.6 is 0 Å². The molecule has 1 aromatic rings. The van der Waals surface area contributed by atoms with Crippen molar-refractivity contribution in [2.24, 2.45) is 0 Å². The van der Waals surface area contributed by atoms with Gasteiger partial charge in [0.15, 0.2) is 0 Å². The highest BCUT2D eigenvalue weighted by molar-refractivity contribution is 5.52. The van der Waals surface area contributed by atoms with Crippen molar-refractivity contribution in [2.75, 3.05) is 25.0 Å². The van der Waals surface area contributed by atoms with E-state index in [0.29, 0.717) is 6.54 Å². The molecular weight excluding hydrogens is 253 g/mol. The molecule has 0 amide bonds. The average molecular weight is 272 g/mol. The second-order valence-corrected chi connectivity index (χ2v) is 5.02. The molecule has 1 fully saturated rings. The van der Waals surface area contributed by atoms with E-state index in [1.807, 2.05) is 0 Å². The predicted molar refractivity (Wildman–Crippen MR) is 70.2 cm³/mol. The summed E-state index contributed by atoms with van der Waals surface area (Å²) >= 11 is 0. The third-order valence-corrected chi connectivity index (χ3v) is 3.58. The number of halogens is 3. The number of hydrogen-bond acceptors (Lipinski definition) is 2. The van der Waals surface area contributed by atoms with Gasteiger partial charge in [-0.3, -0.25) is 4.90 Å². The van der Waals surface area contributed by atoms with Crippen molar-refractivity contribution in [3.8, 4) is 0 Å². The van der Waals surface area contributed by atoms with Crippen molar-refractivity contribution in [2.45, 2.75) is 32.0 Å². The van der Waals surface area contributed by atoms with Gasteiger partial charge in [-0.15, -0.1) is 0 Å². The molecule has 1 aliphatic rings. The zero-order valence-corrected chi connectivity index (χ0v) is 11.0. The number of hydrogen-bond donors (Lipinski definition) is 1. The molecule has 0 bridgehead atoms. The van der Waals surface area contributed by atoms with Gasteiger partial charge in [0.05, 0.1) is 5.56 Å². The minimum Gasteiger partial charge on any atom is -0.383 e. The molecule has 19 heavy (non-hydrogen) atoms. The minimum absolute atomic E-state index is 0.168. The van der Waals surface area contributed by atoms with Gasteiger partial charge in [0.2, 0.25) is 0 Å². The van der Waals surface area contributed by atoms with Gasteiger partial charge < -0.3 is 5.32 Å². The lowest BCUT2D eigenvalue weighted by atomic mass is 10.1. The van der Waals surface area contributed by atoms with Crippen molar-refractivity contribution in [3.05, 3.63) is 29.8 Å². The molecular formula is C14H19F3N2. The SMILES string of the molecule is CC(CNc1ccccc1C(F)(F)F)N1CCCC1. The third kappa shape index (κ3) is 3.62. The van der Waals surface area contributed by atoms with Crippen molar-refractivity contribution >= 4 is 5.69 Å². The van der Waals surface area contributed by atoms with E-state index >= 15 is 0 Å². The Labute approximate surface area is 111 Å². The molecule has 106 valence electrons. The summed E-state index contributed by atoms with van der Waals surface area (Å²) in [4.78, 5) is 2.31. The van der Waals surface area contributed by atoms with Crippen LogP contribution in [0, 0.1) is 0 Å². The molecule has 1 saturated heterocycles. The Morgan fingerprint density at radius 2 is 1.84 bits per heavy atom. The highest BCUT2D eigenvalue weighted by atomic mass is 19.4. The Kier molecular flexibility index (Phi) is 4.34. The molecule has 1 atom stereocenters. The molecule has 0 spiro atoms. The molecule has 5 heteroatoms. The molecule has 1 aromatic carbocycles. The van der Waals surface area contributed by atoms with Gasteiger partial charge in [0, 0.05) is 18.3 Å². The predicted octanol–water partition coefficient (Wildman–Crippen LogP) is 3.60. The van der Waals surface area contributed by atoms with Crippen molar-refractivity contribution in [3.63, 3.8) is 0 Å². The maximum atomic E-state index is 12.8. The second kappa shape index (κ2) is 5.82. The summed E-state index contributed by atoms with van der Waals surface area (Å²) in [6.07, 6.45) is -1.94. The number of alkyl halides is 3. The van der Waals surface area contributed by atoms with E-state index in [4.69, 9.17) is 0 Å². The molecule has 1 unspecified atom stereocenters. The van der Waals surface area contributed by atoms with Crippen molar-refractivity contribution in [1.29, 1.82) is 0 Å². The molecule has 2 rings (SSSR count). The van der Waals surface area contributed by atoms with E-state index in [1.165, 1.54) is 25.0 Å². The van der Waals surface area contributed by atoms with Crippen LogP contribution in [0.2, 0.25) is 0 Å². The van der Waals surface area contributed by atoms with Gasteiger partial charge in [-0.1, -0.05) is 12.1 Å². The van der Waals surface area contributed by atoms with Crippen LogP contribution in [0.5, 0.6) is 0 Å². The normalized spacial score (nSPS) is 18.5. The first-order valence-electron chi connectivity index (χ1n) is 6.62. The van der Waals surface area contributed by atoms with Gasteiger partial charge >= 0.3 is 6.18 Å². The van der Waals surface area contributed by atoms with Crippen LogP contribution in [0.4, 0.5) is 18.9 Å². The fraction of sp³-hybridized carbons (Fsp3) is 0.571. The van der Waals surface area contributed by atoms with E-state index < -0.39 is 11.7 Å². The minimum atomic E-state index is -4.31. The van der Waals surface area contributed by atoms with Crippen LogP contribution < -0.4 is 5.32 Å². The van der Waals surface area contributed by atoms with E-state index in [0.717, 1.165) is 19.2 Å². The fourth-order valence-electron chi connectivity index (χ4n) is 2.45. The molecule has 0 aromatic heterocycles. The Morgan fingerprint density at radius 3 is 2.47 bits per heavy atom.